The summed E-state index contributed by atoms with van der Waals surface area (Å²) in [6, 6.07) is 14.2. The van der Waals surface area contributed by atoms with Crippen LogP contribution < -0.4 is 16.0 Å². The van der Waals surface area contributed by atoms with Crippen molar-refractivity contribution in [2.75, 3.05) is 17.2 Å². The summed E-state index contributed by atoms with van der Waals surface area (Å²) in [5.41, 5.74) is 1.45. The summed E-state index contributed by atoms with van der Waals surface area (Å²) < 4.78 is 18.3. The third kappa shape index (κ3) is 5.34. The van der Waals surface area contributed by atoms with E-state index in [4.69, 9.17) is 16.0 Å². The zero-order valence-corrected chi connectivity index (χ0v) is 15.4. The summed E-state index contributed by atoms with van der Waals surface area (Å²) in [5.74, 6) is -0.499. The van der Waals surface area contributed by atoms with Crippen LogP contribution in [-0.4, -0.2) is 18.4 Å². The summed E-state index contributed by atoms with van der Waals surface area (Å²) in [6.07, 6.45) is 1.54. The number of anilines is 2. The molecule has 0 aliphatic heterocycles. The minimum absolute atomic E-state index is 0.0353. The molecule has 0 radical (unpaired) electrons. The van der Waals surface area contributed by atoms with Crippen molar-refractivity contribution in [3.63, 3.8) is 0 Å². The van der Waals surface area contributed by atoms with Crippen molar-refractivity contribution in [3.8, 4) is 0 Å². The van der Waals surface area contributed by atoms with E-state index in [0.29, 0.717) is 22.7 Å². The monoisotopic (exact) mass is 401 g/mol. The molecule has 2 aromatic carbocycles. The van der Waals surface area contributed by atoms with Crippen LogP contribution in [0.15, 0.2) is 65.3 Å². The molecule has 0 fully saturated rings. The molecule has 3 rings (SSSR count). The lowest BCUT2D eigenvalue weighted by atomic mass is 10.2. The topological polar surface area (TPSA) is 83.4 Å². The number of benzene rings is 2. The average Bonchev–Trinajstić information content (AvgIpc) is 3.21. The van der Waals surface area contributed by atoms with E-state index in [1.807, 2.05) is 0 Å². The summed E-state index contributed by atoms with van der Waals surface area (Å²) in [4.78, 5) is 24.3. The Bertz CT molecular complexity index is 977. The highest BCUT2D eigenvalue weighted by atomic mass is 35.5. The van der Waals surface area contributed by atoms with Crippen LogP contribution in [0.3, 0.4) is 0 Å². The molecule has 6 nitrogen and oxygen atoms in total. The molecule has 0 aliphatic carbocycles. The molecule has 28 heavy (non-hydrogen) atoms. The molecule has 3 aromatic rings. The predicted molar refractivity (Wildman–Crippen MR) is 105 cm³/mol. The van der Waals surface area contributed by atoms with E-state index >= 15 is 0 Å². The molecule has 0 aliphatic rings. The number of hydrogen-bond acceptors (Lipinski definition) is 4. The SMILES string of the molecule is O=C(CNc1cccc(C(=O)NCc2ccco2)c1)Nc1ccc(F)c(Cl)c1. The maximum atomic E-state index is 13.1. The Labute approximate surface area is 165 Å². The fraction of sp³-hybridized carbons (Fsp3) is 0.100. The Morgan fingerprint density at radius 2 is 1.89 bits per heavy atom. The maximum absolute atomic E-state index is 13.1. The molecular formula is C20H17ClFN3O3. The fourth-order valence-electron chi connectivity index (χ4n) is 2.41. The van der Waals surface area contributed by atoms with Crippen LogP contribution in [0.1, 0.15) is 16.1 Å². The average molecular weight is 402 g/mol. The highest BCUT2D eigenvalue weighted by Gasteiger charge is 2.09. The van der Waals surface area contributed by atoms with Gasteiger partial charge in [-0.3, -0.25) is 9.59 Å². The fourth-order valence-corrected chi connectivity index (χ4v) is 2.59. The van der Waals surface area contributed by atoms with Crippen LogP contribution in [-0.2, 0) is 11.3 Å². The molecule has 0 saturated carbocycles. The lowest BCUT2D eigenvalue weighted by Gasteiger charge is -2.10. The molecule has 8 heteroatoms. The van der Waals surface area contributed by atoms with Gasteiger partial charge in [-0.1, -0.05) is 17.7 Å². The van der Waals surface area contributed by atoms with Gasteiger partial charge < -0.3 is 20.4 Å². The van der Waals surface area contributed by atoms with Crippen molar-refractivity contribution < 1.29 is 18.4 Å². The Hall–Kier alpha value is -3.32. The number of amides is 2. The third-order valence-electron chi connectivity index (χ3n) is 3.78. The van der Waals surface area contributed by atoms with Crippen molar-refractivity contribution >= 4 is 34.8 Å². The summed E-state index contributed by atoms with van der Waals surface area (Å²) >= 11 is 5.69. The molecule has 144 valence electrons. The largest absolute Gasteiger partial charge is 0.467 e. The number of carbonyl (C=O) groups is 2. The first-order valence-electron chi connectivity index (χ1n) is 8.40. The minimum Gasteiger partial charge on any atom is -0.467 e. The summed E-state index contributed by atoms with van der Waals surface area (Å²) in [7, 11) is 0. The molecule has 0 spiro atoms. The highest BCUT2D eigenvalue weighted by molar-refractivity contribution is 6.31. The quantitative estimate of drug-likeness (QED) is 0.557. The molecular weight excluding hydrogens is 385 g/mol. The zero-order chi connectivity index (χ0) is 19.9. The van der Waals surface area contributed by atoms with Gasteiger partial charge in [0, 0.05) is 16.9 Å². The van der Waals surface area contributed by atoms with Gasteiger partial charge in [0.2, 0.25) is 5.91 Å². The van der Waals surface area contributed by atoms with E-state index in [1.165, 1.54) is 24.5 Å². The van der Waals surface area contributed by atoms with Gasteiger partial charge in [0.25, 0.3) is 5.91 Å². The number of carbonyl (C=O) groups excluding carboxylic acids is 2. The van der Waals surface area contributed by atoms with Crippen molar-refractivity contribution in [2.24, 2.45) is 0 Å². The van der Waals surface area contributed by atoms with Crippen LogP contribution in [0.25, 0.3) is 0 Å². The molecule has 3 N–H and O–H groups in total. The molecule has 0 unspecified atom stereocenters. The number of rotatable bonds is 7. The third-order valence-corrected chi connectivity index (χ3v) is 4.07. The Kier molecular flexibility index (Phi) is 6.29. The van der Waals surface area contributed by atoms with E-state index in [2.05, 4.69) is 16.0 Å². The second-order valence-electron chi connectivity index (χ2n) is 5.87. The number of halogens is 2. The van der Waals surface area contributed by atoms with E-state index in [-0.39, 0.29) is 29.9 Å². The first-order chi connectivity index (χ1) is 13.5. The highest BCUT2D eigenvalue weighted by Crippen LogP contribution is 2.19. The predicted octanol–water partition coefficient (Wildman–Crippen LogP) is 4.05. The molecule has 1 aromatic heterocycles. The van der Waals surface area contributed by atoms with Crippen LogP contribution >= 0.6 is 11.6 Å². The van der Waals surface area contributed by atoms with Crippen molar-refractivity contribution in [1.29, 1.82) is 0 Å². The van der Waals surface area contributed by atoms with E-state index in [1.54, 1.807) is 36.4 Å². The van der Waals surface area contributed by atoms with Gasteiger partial charge in [0.15, 0.2) is 0 Å². The lowest BCUT2D eigenvalue weighted by Crippen LogP contribution is -2.23. The number of furan rings is 1. The lowest BCUT2D eigenvalue weighted by molar-refractivity contribution is -0.114. The summed E-state index contributed by atoms with van der Waals surface area (Å²) in [5, 5.41) is 8.23. The van der Waals surface area contributed by atoms with Gasteiger partial charge in [0.05, 0.1) is 24.4 Å². The minimum atomic E-state index is -0.556. The number of hydrogen-bond donors (Lipinski definition) is 3. The van der Waals surface area contributed by atoms with Gasteiger partial charge in [-0.05, 0) is 48.5 Å². The van der Waals surface area contributed by atoms with Gasteiger partial charge in [-0.2, -0.15) is 0 Å². The Balaban J connectivity index is 1.52. The standard InChI is InChI=1S/C20H17ClFN3O3/c21-17-10-15(6-7-18(17)22)25-19(26)12-23-14-4-1-3-13(9-14)20(27)24-11-16-5-2-8-28-16/h1-10,23H,11-12H2,(H,24,27)(H,25,26). The number of nitrogens with one attached hydrogen (secondary N) is 3. The second-order valence-corrected chi connectivity index (χ2v) is 6.28. The molecule has 0 bridgehead atoms. The van der Waals surface area contributed by atoms with E-state index in [9.17, 15) is 14.0 Å². The normalized spacial score (nSPS) is 10.4. The van der Waals surface area contributed by atoms with E-state index in [0.717, 1.165) is 0 Å². The van der Waals surface area contributed by atoms with Gasteiger partial charge in [-0.15, -0.1) is 0 Å². The van der Waals surface area contributed by atoms with Gasteiger partial charge >= 0.3 is 0 Å². The van der Waals surface area contributed by atoms with Gasteiger partial charge in [0.1, 0.15) is 11.6 Å². The van der Waals surface area contributed by atoms with Crippen LogP contribution in [0, 0.1) is 5.82 Å². The molecule has 0 saturated heterocycles. The first kappa shape index (κ1) is 19.4. The maximum Gasteiger partial charge on any atom is 0.251 e. The first-order valence-corrected chi connectivity index (χ1v) is 8.78. The van der Waals surface area contributed by atoms with Crippen molar-refractivity contribution in [3.05, 3.63) is 83.0 Å². The Morgan fingerprint density at radius 1 is 1.04 bits per heavy atom. The Morgan fingerprint density at radius 3 is 2.64 bits per heavy atom. The second kappa shape index (κ2) is 9.05. The smallest absolute Gasteiger partial charge is 0.251 e. The van der Waals surface area contributed by atoms with Crippen LogP contribution in [0.4, 0.5) is 15.8 Å². The molecule has 2 amide bonds. The van der Waals surface area contributed by atoms with Crippen molar-refractivity contribution in [1.82, 2.24) is 5.32 Å². The summed E-state index contributed by atoms with van der Waals surface area (Å²) in [6.45, 7) is 0.249. The zero-order valence-electron chi connectivity index (χ0n) is 14.7. The molecule has 0 atom stereocenters. The van der Waals surface area contributed by atoms with Crippen LogP contribution in [0.2, 0.25) is 5.02 Å². The van der Waals surface area contributed by atoms with Crippen LogP contribution in [0.5, 0.6) is 0 Å². The molecule has 1 heterocycles. The van der Waals surface area contributed by atoms with Gasteiger partial charge in [-0.25, -0.2) is 4.39 Å². The van der Waals surface area contributed by atoms with E-state index < -0.39 is 5.82 Å². The van der Waals surface area contributed by atoms with Crippen molar-refractivity contribution in [2.45, 2.75) is 6.54 Å².